The van der Waals surface area contributed by atoms with Crippen LogP contribution < -0.4 is 5.56 Å². The van der Waals surface area contributed by atoms with E-state index in [2.05, 4.69) is 38.4 Å². The molecule has 2 heterocycles. The number of carbonyl (C=O) groups is 1. The Morgan fingerprint density at radius 2 is 2.03 bits per heavy atom. The number of nitrogens with zero attached hydrogens (tertiary/aromatic N) is 5. The number of aryl methyl sites for hydroxylation is 1. The minimum atomic E-state index is -0.364. The Labute approximate surface area is 199 Å². The van der Waals surface area contributed by atoms with Crippen molar-refractivity contribution in [1.82, 2.24) is 30.1 Å². The number of esters is 1. The van der Waals surface area contributed by atoms with Crippen LogP contribution in [0.5, 0.6) is 0 Å². The Morgan fingerprint density at radius 3 is 2.76 bits per heavy atom. The summed E-state index contributed by atoms with van der Waals surface area (Å²) < 4.78 is 6.64. The third-order valence-corrected chi connectivity index (χ3v) is 6.70. The van der Waals surface area contributed by atoms with E-state index in [1.165, 1.54) is 23.9 Å². The Hall–Kier alpha value is -3.07. The maximum absolute atomic E-state index is 13.1. The second kappa shape index (κ2) is 10.9. The molecule has 3 aromatic rings. The van der Waals surface area contributed by atoms with Crippen LogP contribution in [0.25, 0.3) is 10.9 Å². The molecule has 34 heavy (non-hydrogen) atoms. The van der Waals surface area contributed by atoms with Gasteiger partial charge in [0.05, 0.1) is 12.6 Å². The van der Waals surface area contributed by atoms with E-state index < -0.39 is 0 Å². The molecule has 0 unspecified atom stereocenters. The van der Waals surface area contributed by atoms with Gasteiger partial charge in [0.25, 0.3) is 5.56 Å². The van der Waals surface area contributed by atoms with Crippen molar-refractivity contribution in [1.29, 1.82) is 0 Å². The molecule has 1 N–H and O–H groups in total. The smallest absolute Gasteiger partial charge is 0.327 e. The molecule has 0 radical (unpaired) electrons. The molecule has 1 aliphatic carbocycles. The average Bonchev–Trinajstić information content (AvgIpc) is 3.27. The fourth-order valence-electron chi connectivity index (χ4n) is 5.04. The topological polar surface area (TPSA) is 106 Å². The molecular formula is C25H34N6O3. The van der Waals surface area contributed by atoms with Gasteiger partial charge in [-0.25, -0.2) is 4.68 Å². The number of pyridine rings is 1. The normalized spacial score (nSPS) is 15.6. The zero-order valence-electron chi connectivity index (χ0n) is 20.3. The van der Waals surface area contributed by atoms with Gasteiger partial charge >= 0.3 is 5.97 Å². The highest BCUT2D eigenvalue weighted by Crippen LogP contribution is 2.33. The number of hydrogen-bond acceptors (Lipinski definition) is 7. The Morgan fingerprint density at radius 1 is 1.24 bits per heavy atom. The molecule has 4 rings (SSSR count). The first-order valence-electron chi connectivity index (χ1n) is 12.3. The van der Waals surface area contributed by atoms with Crippen LogP contribution in [-0.4, -0.2) is 48.7 Å². The number of fused-ring (bicyclic) bond motifs is 1. The highest BCUT2D eigenvalue weighted by Gasteiger charge is 2.32. The molecule has 9 nitrogen and oxygen atoms in total. The molecule has 0 aliphatic heterocycles. The van der Waals surface area contributed by atoms with Gasteiger partial charge in [-0.3, -0.25) is 14.5 Å². The lowest BCUT2D eigenvalue weighted by Gasteiger charge is -2.39. The minimum absolute atomic E-state index is 0.0267. The summed E-state index contributed by atoms with van der Waals surface area (Å²) in [4.78, 5) is 30.6. The Balaban J connectivity index is 1.69. The van der Waals surface area contributed by atoms with Gasteiger partial charge in [0.1, 0.15) is 6.54 Å². The van der Waals surface area contributed by atoms with E-state index in [4.69, 9.17) is 4.74 Å². The molecule has 0 saturated heterocycles. The molecule has 1 atom stereocenters. The SMILES string of the molecule is CCOC(=O)Cn1nnnc1[C@@H](CC)N(Cc1cc2ccc(C)cc2[nH]c1=O)C1CCCCC1. The van der Waals surface area contributed by atoms with Crippen molar-refractivity contribution in [2.75, 3.05) is 6.61 Å². The molecule has 1 aromatic carbocycles. The number of rotatable bonds is 9. The number of aromatic nitrogens is 5. The average molecular weight is 467 g/mol. The monoisotopic (exact) mass is 466 g/mol. The third-order valence-electron chi connectivity index (χ3n) is 6.70. The molecule has 1 saturated carbocycles. The molecular weight excluding hydrogens is 432 g/mol. The lowest BCUT2D eigenvalue weighted by Crippen LogP contribution is -2.41. The summed E-state index contributed by atoms with van der Waals surface area (Å²) in [5.41, 5.74) is 2.62. The lowest BCUT2D eigenvalue weighted by atomic mass is 9.92. The quantitative estimate of drug-likeness (QED) is 0.480. The van der Waals surface area contributed by atoms with Gasteiger partial charge in [-0.1, -0.05) is 38.3 Å². The number of nitrogens with one attached hydrogen (secondary N) is 1. The molecule has 0 amide bonds. The molecule has 1 fully saturated rings. The summed E-state index contributed by atoms with van der Waals surface area (Å²) in [5, 5.41) is 13.3. The molecule has 1 aliphatic rings. The van der Waals surface area contributed by atoms with Crippen molar-refractivity contribution in [2.24, 2.45) is 0 Å². The van der Waals surface area contributed by atoms with Crippen LogP contribution in [0.1, 0.15) is 75.4 Å². The van der Waals surface area contributed by atoms with E-state index >= 15 is 0 Å². The number of ether oxygens (including phenoxy) is 1. The second-order valence-corrected chi connectivity index (χ2v) is 9.10. The summed E-state index contributed by atoms with van der Waals surface area (Å²) in [6, 6.07) is 8.30. The number of aromatic amines is 1. The zero-order valence-corrected chi connectivity index (χ0v) is 20.3. The van der Waals surface area contributed by atoms with E-state index in [0.29, 0.717) is 25.0 Å². The number of carbonyl (C=O) groups excluding carboxylic acids is 1. The first-order valence-corrected chi connectivity index (χ1v) is 12.3. The van der Waals surface area contributed by atoms with Gasteiger partial charge in [-0.15, -0.1) is 5.10 Å². The highest BCUT2D eigenvalue weighted by atomic mass is 16.5. The van der Waals surface area contributed by atoms with Crippen LogP contribution in [0.4, 0.5) is 0 Å². The molecule has 2 aromatic heterocycles. The van der Waals surface area contributed by atoms with Crippen LogP contribution in [0, 0.1) is 6.92 Å². The van der Waals surface area contributed by atoms with Crippen LogP contribution in [0.3, 0.4) is 0 Å². The number of hydrogen-bond donors (Lipinski definition) is 1. The van der Waals surface area contributed by atoms with Crippen LogP contribution in [0.15, 0.2) is 29.1 Å². The molecule has 0 bridgehead atoms. The van der Waals surface area contributed by atoms with E-state index in [1.54, 1.807) is 6.92 Å². The second-order valence-electron chi connectivity index (χ2n) is 9.10. The van der Waals surface area contributed by atoms with Gasteiger partial charge in [0.15, 0.2) is 5.82 Å². The Bertz CT molecular complexity index is 1180. The number of H-pyrrole nitrogens is 1. The predicted molar refractivity (Wildman–Crippen MR) is 129 cm³/mol. The molecule has 0 spiro atoms. The van der Waals surface area contributed by atoms with Crippen molar-refractivity contribution in [2.45, 2.75) is 84.5 Å². The van der Waals surface area contributed by atoms with E-state index in [9.17, 15) is 9.59 Å². The van der Waals surface area contributed by atoms with Gasteiger partial charge in [0, 0.05) is 23.7 Å². The summed E-state index contributed by atoms with van der Waals surface area (Å²) in [6.07, 6.45) is 6.46. The predicted octanol–water partition coefficient (Wildman–Crippen LogP) is 3.67. The van der Waals surface area contributed by atoms with Crippen LogP contribution >= 0.6 is 0 Å². The summed E-state index contributed by atoms with van der Waals surface area (Å²) in [7, 11) is 0. The molecule has 9 heteroatoms. The first-order chi connectivity index (χ1) is 16.5. The van der Waals surface area contributed by atoms with Gasteiger partial charge in [-0.05, 0) is 66.6 Å². The number of tetrazole rings is 1. The van der Waals surface area contributed by atoms with Crippen molar-refractivity contribution in [3.8, 4) is 0 Å². The van der Waals surface area contributed by atoms with Gasteiger partial charge in [-0.2, -0.15) is 0 Å². The number of benzene rings is 1. The maximum atomic E-state index is 13.1. The summed E-state index contributed by atoms with van der Waals surface area (Å²) >= 11 is 0. The fourth-order valence-corrected chi connectivity index (χ4v) is 5.04. The zero-order chi connectivity index (χ0) is 24.1. The molecule has 182 valence electrons. The third kappa shape index (κ3) is 5.35. The fraction of sp³-hybridized carbons (Fsp3) is 0.560. The van der Waals surface area contributed by atoms with Crippen molar-refractivity contribution < 1.29 is 9.53 Å². The van der Waals surface area contributed by atoms with E-state index in [-0.39, 0.29) is 24.1 Å². The van der Waals surface area contributed by atoms with Crippen molar-refractivity contribution in [3.05, 3.63) is 51.6 Å². The summed E-state index contributed by atoms with van der Waals surface area (Å²) in [5.74, 6) is 0.269. The highest BCUT2D eigenvalue weighted by molar-refractivity contribution is 5.79. The lowest BCUT2D eigenvalue weighted by molar-refractivity contribution is -0.144. The van der Waals surface area contributed by atoms with Crippen molar-refractivity contribution in [3.63, 3.8) is 0 Å². The van der Waals surface area contributed by atoms with E-state index in [1.807, 2.05) is 25.1 Å². The standard InChI is InChI=1S/C25H34N6O3/c1-4-22(24-27-28-29-31(24)16-23(32)34-5-2)30(20-9-7-6-8-10-20)15-19-14-18-12-11-17(3)13-21(18)26-25(19)33/h11-14,20,22H,4-10,15-16H2,1-3H3,(H,26,33)/t22-/m1/s1. The summed E-state index contributed by atoms with van der Waals surface area (Å²) in [6.45, 7) is 6.67. The van der Waals surface area contributed by atoms with Crippen LogP contribution in [-0.2, 0) is 22.6 Å². The largest absolute Gasteiger partial charge is 0.465 e. The van der Waals surface area contributed by atoms with Crippen LogP contribution in [0.2, 0.25) is 0 Å². The van der Waals surface area contributed by atoms with Gasteiger partial charge < -0.3 is 9.72 Å². The minimum Gasteiger partial charge on any atom is -0.465 e. The van der Waals surface area contributed by atoms with Gasteiger partial charge in [0.2, 0.25) is 0 Å². The first kappa shape index (κ1) is 24.1. The Kier molecular flexibility index (Phi) is 7.72. The maximum Gasteiger partial charge on any atom is 0.327 e. The van der Waals surface area contributed by atoms with E-state index in [0.717, 1.165) is 41.3 Å². The van der Waals surface area contributed by atoms with Crippen molar-refractivity contribution >= 4 is 16.9 Å².